The monoisotopic (exact) mass is 245 g/mol. The molecule has 1 heterocycles. The molecule has 0 saturated carbocycles. The number of aliphatic hydroxyl groups excluding tert-OH is 1. The molecule has 1 aromatic carbocycles. The Kier molecular flexibility index (Phi) is 3.84. The van der Waals surface area contributed by atoms with Crippen molar-refractivity contribution in [2.24, 2.45) is 5.92 Å². The second-order valence-electron chi connectivity index (χ2n) is 4.24. The molecular weight excluding hydrogens is 230 g/mol. The molecule has 94 valence electrons. The Balaban J connectivity index is 2.13. The molecule has 0 spiro atoms. The first-order valence-electron chi connectivity index (χ1n) is 5.81. The Labute approximate surface area is 105 Å². The third kappa shape index (κ3) is 2.81. The van der Waals surface area contributed by atoms with Crippen LogP contribution in [0.15, 0.2) is 30.5 Å². The molecule has 2 rings (SSSR count). The summed E-state index contributed by atoms with van der Waals surface area (Å²) >= 11 is 0. The largest absolute Gasteiger partial charge is 0.396 e. The predicted octanol–water partition coefficient (Wildman–Crippen LogP) is 0.988. The molecule has 1 amide bonds. The zero-order valence-corrected chi connectivity index (χ0v) is 10.1. The van der Waals surface area contributed by atoms with Gasteiger partial charge in [-0.1, -0.05) is 19.1 Å². The van der Waals surface area contributed by atoms with E-state index in [1.54, 1.807) is 0 Å². The molecule has 5 heteroatoms. The third-order valence-electron chi connectivity index (χ3n) is 2.60. The van der Waals surface area contributed by atoms with E-state index in [-0.39, 0.29) is 18.4 Å². The van der Waals surface area contributed by atoms with Crippen LogP contribution < -0.4 is 5.32 Å². The normalized spacial score (nSPS) is 12.3. The van der Waals surface area contributed by atoms with Gasteiger partial charge in [-0.15, -0.1) is 0 Å². The Morgan fingerprint density at radius 1 is 1.39 bits per heavy atom. The van der Waals surface area contributed by atoms with Gasteiger partial charge < -0.3 is 10.4 Å². The van der Waals surface area contributed by atoms with Crippen LogP contribution in [0, 0.1) is 5.92 Å². The van der Waals surface area contributed by atoms with Gasteiger partial charge >= 0.3 is 0 Å². The summed E-state index contributed by atoms with van der Waals surface area (Å²) in [6, 6.07) is 7.39. The molecule has 1 aromatic heterocycles. The molecule has 0 aliphatic heterocycles. The molecule has 0 saturated heterocycles. The van der Waals surface area contributed by atoms with Crippen molar-refractivity contribution in [3.05, 3.63) is 36.2 Å². The van der Waals surface area contributed by atoms with Crippen LogP contribution in [0.4, 0.5) is 0 Å². The first kappa shape index (κ1) is 12.4. The minimum Gasteiger partial charge on any atom is -0.396 e. The number of carbonyl (C=O) groups is 1. The van der Waals surface area contributed by atoms with Gasteiger partial charge in [-0.2, -0.15) is 0 Å². The van der Waals surface area contributed by atoms with E-state index >= 15 is 0 Å². The van der Waals surface area contributed by atoms with Crippen molar-refractivity contribution in [1.29, 1.82) is 0 Å². The Bertz CT molecular complexity index is 557. The van der Waals surface area contributed by atoms with Crippen LogP contribution in [-0.4, -0.2) is 34.1 Å². The Hall–Kier alpha value is -2.01. The van der Waals surface area contributed by atoms with Crippen LogP contribution >= 0.6 is 0 Å². The summed E-state index contributed by atoms with van der Waals surface area (Å²) in [5.74, 6) is -0.240. The van der Waals surface area contributed by atoms with E-state index < -0.39 is 0 Å². The van der Waals surface area contributed by atoms with Crippen molar-refractivity contribution in [3.8, 4) is 0 Å². The van der Waals surface area contributed by atoms with Crippen molar-refractivity contribution < 1.29 is 9.90 Å². The van der Waals surface area contributed by atoms with Gasteiger partial charge in [0.2, 0.25) is 0 Å². The summed E-state index contributed by atoms with van der Waals surface area (Å²) < 4.78 is 0. The SMILES string of the molecule is CC(CO)CNC(=O)c1cnc2ccccc2n1. The minimum atomic E-state index is -0.270. The highest BCUT2D eigenvalue weighted by molar-refractivity contribution is 5.93. The van der Waals surface area contributed by atoms with E-state index in [0.717, 1.165) is 5.52 Å². The molecule has 2 aromatic rings. The molecule has 0 radical (unpaired) electrons. The first-order chi connectivity index (χ1) is 8.70. The Morgan fingerprint density at radius 2 is 2.11 bits per heavy atom. The standard InChI is InChI=1S/C13H15N3O2/c1-9(8-17)6-15-13(18)12-7-14-10-4-2-3-5-11(10)16-12/h2-5,7,9,17H,6,8H2,1H3,(H,15,18). The molecule has 1 atom stereocenters. The van der Waals surface area contributed by atoms with Crippen LogP contribution in [0.3, 0.4) is 0 Å². The van der Waals surface area contributed by atoms with Gasteiger partial charge in [-0.25, -0.2) is 4.98 Å². The molecule has 0 aliphatic carbocycles. The highest BCUT2D eigenvalue weighted by Crippen LogP contribution is 2.08. The molecule has 0 fully saturated rings. The quantitative estimate of drug-likeness (QED) is 0.842. The summed E-state index contributed by atoms with van der Waals surface area (Å²) in [5.41, 5.74) is 1.75. The average Bonchev–Trinajstić information content (AvgIpc) is 2.43. The number of aromatic nitrogens is 2. The number of fused-ring (bicyclic) bond motifs is 1. The number of hydrogen-bond acceptors (Lipinski definition) is 4. The highest BCUT2D eigenvalue weighted by Gasteiger charge is 2.09. The average molecular weight is 245 g/mol. The number of carbonyl (C=O) groups excluding carboxylic acids is 1. The van der Waals surface area contributed by atoms with E-state index in [1.165, 1.54) is 6.20 Å². The maximum Gasteiger partial charge on any atom is 0.271 e. The van der Waals surface area contributed by atoms with Gasteiger partial charge in [0.15, 0.2) is 0 Å². The second kappa shape index (κ2) is 5.55. The van der Waals surface area contributed by atoms with Crippen molar-refractivity contribution in [3.63, 3.8) is 0 Å². The van der Waals surface area contributed by atoms with Crippen LogP contribution in [0.2, 0.25) is 0 Å². The van der Waals surface area contributed by atoms with Gasteiger partial charge in [-0.3, -0.25) is 9.78 Å². The lowest BCUT2D eigenvalue weighted by Crippen LogP contribution is -2.30. The number of amides is 1. The number of rotatable bonds is 4. The zero-order valence-electron chi connectivity index (χ0n) is 10.1. The lowest BCUT2D eigenvalue weighted by molar-refractivity contribution is 0.0937. The number of hydrogen-bond donors (Lipinski definition) is 2. The summed E-state index contributed by atoms with van der Waals surface area (Å²) in [5, 5.41) is 11.6. The van der Waals surface area contributed by atoms with Crippen LogP contribution in [0.25, 0.3) is 11.0 Å². The number of benzene rings is 1. The number of para-hydroxylation sites is 2. The van der Waals surface area contributed by atoms with E-state index in [0.29, 0.717) is 17.8 Å². The molecule has 2 N–H and O–H groups in total. The second-order valence-corrected chi connectivity index (χ2v) is 4.24. The van der Waals surface area contributed by atoms with Crippen molar-refractivity contribution in [2.45, 2.75) is 6.92 Å². The van der Waals surface area contributed by atoms with Crippen molar-refractivity contribution >= 4 is 16.9 Å². The molecule has 0 bridgehead atoms. The fourth-order valence-electron chi connectivity index (χ4n) is 1.49. The van der Waals surface area contributed by atoms with Gasteiger partial charge in [-0.05, 0) is 18.1 Å². The number of nitrogens with zero attached hydrogens (tertiary/aromatic N) is 2. The van der Waals surface area contributed by atoms with E-state index in [4.69, 9.17) is 5.11 Å². The highest BCUT2D eigenvalue weighted by atomic mass is 16.3. The first-order valence-corrected chi connectivity index (χ1v) is 5.81. The Morgan fingerprint density at radius 3 is 2.83 bits per heavy atom. The van der Waals surface area contributed by atoms with E-state index in [2.05, 4.69) is 15.3 Å². The molecule has 0 aliphatic rings. The van der Waals surface area contributed by atoms with Crippen LogP contribution in [0.1, 0.15) is 17.4 Å². The van der Waals surface area contributed by atoms with Crippen molar-refractivity contribution in [2.75, 3.05) is 13.2 Å². The maximum atomic E-state index is 11.8. The molecule has 1 unspecified atom stereocenters. The van der Waals surface area contributed by atoms with Crippen molar-refractivity contribution in [1.82, 2.24) is 15.3 Å². The van der Waals surface area contributed by atoms with Gasteiger partial charge in [0.05, 0.1) is 17.2 Å². The van der Waals surface area contributed by atoms with Crippen LogP contribution in [0.5, 0.6) is 0 Å². The summed E-state index contributed by atoms with van der Waals surface area (Å²) in [6.45, 7) is 2.32. The number of aliphatic hydroxyl groups is 1. The fourth-order valence-corrected chi connectivity index (χ4v) is 1.49. The lowest BCUT2D eigenvalue weighted by atomic mass is 10.2. The predicted molar refractivity (Wildman–Crippen MR) is 68.1 cm³/mol. The third-order valence-corrected chi connectivity index (χ3v) is 2.60. The molecular formula is C13H15N3O2. The lowest BCUT2D eigenvalue weighted by Gasteiger charge is -2.09. The minimum absolute atomic E-state index is 0.0300. The van der Waals surface area contributed by atoms with E-state index in [9.17, 15) is 4.79 Å². The summed E-state index contributed by atoms with van der Waals surface area (Å²) in [7, 11) is 0. The van der Waals surface area contributed by atoms with E-state index in [1.807, 2.05) is 31.2 Å². The maximum absolute atomic E-state index is 11.8. The fraction of sp³-hybridized carbons (Fsp3) is 0.308. The topological polar surface area (TPSA) is 75.1 Å². The smallest absolute Gasteiger partial charge is 0.271 e. The summed E-state index contributed by atoms with van der Waals surface area (Å²) in [6.07, 6.45) is 1.46. The van der Waals surface area contributed by atoms with Crippen LogP contribution in [-0.2, 0) is 0 Å². The molecule has 5 nitrogen and oxygen atoms in total. The van der Waals surface area contributed by atoms with Gasteiger partial charge in [0.25, 0.3) is 5.91 Å². The van der Waals surface area contributed by atoms with Gasteiger partial charge in [0.1, 0.15) is 5.69 Å². The summed E-state index contributed by atoms with van der Waals surface area (Å²) in [4.78, 5) is 20.2. The number of nitrogens with one attached hydrogen (secondary N) is 1. The molecule has 18 heavy (non-hydrogen) atoms. The zero-order chi connectivity index (χ0) is 13.0. The van der Waals surface area contributed by atoms with Gasteiger partial charge in [0, 0.05) is 13.2 Å².